The van der Waals surface area contributed by atoms with Crippen LogP contribution in [0.15, 0.2) is 46.2 Å². The van der Waals surface area contributed by atoms with Crippen LogP contribution in [-0.2, 0) is 13.6 Å². The predicted molar refractivity (Wildman–Crippen MR) is 101 cm³/mol. The first-order valence-electron chi connectivity index (χ1n) is 9.10. The van der Waals surface area contributed by atoms with Gasteiger partial charge in [0.2, 0.25) is 0 Å². The lowest BCUT2D eigenvalue weighted by atomic mass is 10.1. The zero-order valence-electron chi connectivity index (χ0n) is 15.6. The first-order chi connectivity index (χ1) is 13.7. The van der Waals surface area contributed by atoms with Gasteiger partial charge in [-0.25, -0.2) is 9.97 Å². The van der Waals surface area contributed by atoms with Crippen molar-refractivity contribution >= 4 is 16.7 Å². The normalized spacial score (nSPS) is 17.2. The molecule has 0 amide bonds. The van der Waals surface area contributed by atoms with Crippen LogP contribution >= 0.6 is 0 Å². The summed E-state index contributed by atoms with van der Waals surface area (Å²) >= 11 is 0. The number of halogens is 3. The van der Waals surface area contributed by atoms with Gasteiger partial charge < -0.3 is 9.47 Å². The molecule has 7 nitrogen and oxygen atoms in total. The van der Waals surface area contributed by atoms with Gasteiger partial charge in [0.25, 0.3) is 11.1 Å². The van der Waals surface area contributed by atoms with E-state index in [2.05, 4.69) is 9.97 Å². The molecular weight excluding hydrogens is 387 g/mol. The SMILES string of the molecule is Cn1cnc(N2CCCC2c2nc3ccccc3c(=O)n2CC(F)(F)F)cc1=O. The van der Waals surface area contributed by atoms with Crippen molar-refractivity contribution in [3.05, 3.63) is 63.2 Å². The maximum Gasteiger partial charge on any atom is 0.406 e. The minimum absolute atomic E-state index is 0.0333. The van der Waals surface area contributed by atoms with E-state index in [1.54, 1.807) is 30.1 Å². The summed E-state index contributed by atoms with van der Waals surface area (Å²) in [4.78, 5) is 35.3. The maximum absolute atomic E-state index is 13.2. The largest absolute Gasteiger partial charge is 0.406 e. The van der Waals surface area contributed by atoms with Gasteiger partial charge in [-0.05, 0) is 25.0 Å². The van der Waals surface area contributed by atoms with Gasteiger partial charge in [-0.3, -0.25) is 14.2 Å². The van der Waals surface area contributed by atoms with Crippen molar-refractivity contribution in [3.63, 3.8) is 0 Å². The van der Waals surface area contributed by atoms with Crippen LogP contribution in [0.25, 0.3) is 10.9 Å². The highest BCUT2D eigenvalue weighted by atomic mass is 19.4. The fraction of sp³-hybridized carbons (Fsp3) is 0.368. The Balaban J connectivity index is 1.89. The summed E-state index contributed by atoms with van der Waals surface area (Å²) in [5.41, 5.74) is -0.666. The van der Waals surface area contributed by atoms with Gasteiger partial charge >= 0.3 is 6.18 Å². The third-order valence-corrected chi connectivity index (χ3v) is 5.04. The first kappa shape index (κ1) is 19.2. The predicted octanol–water partition coefficient (Wildman–Crippen LogP) is 2.39. The van der Waals surface area contributed by atoms with Gasteiger partial charge in [-0.15, -0.1) is 0 Å². The van der Waals surface area contributed by atoms with Crippen molar-refractivity contribution in [2.45, 2.75) is 31.6 Å². The number of alkyl halides is 3. The molecule has 1 saturated heterocycles. The fourth-order valence-electron chi connectivity index (χ4n) is 3.69. The van der Waals surface area contributed by atoms with E-state index in [0.717, 1.165) is 0 Å². The Morgan fingerprint density at radius 1 is 1.21 bits per heavy atom. The third kappa shape index (κ3) is 3.62. The monoisotopic (exact) mass is 405 g/mol. The van der Waals surface area contributed by atoms with Gasteiger partial charge in [0.05, 0.1) is 23.3 Å². The van der Waals surface area contributed by atoms with Gasteiger partial charge in [0, 0.05) is 19.7 Å². The number of nitrogens with zero attached hydrogens (tertiary/aromatic N) is 5. The lowest BCUT2D eigenvalue weighted by Gasteiger charge is -2.27. The highest BCUT2D eigenvalue weighted by Crippen LogP contribution is 2.34. The Morgan fingerprint density at radius 3 is 2.69 bits per heavy atom. The Labute approximate surface area is 163 Å². The number of hydrogen-bond acceptors (Lipinski definition) is 5. The van der Waals surface area contributed by atoms with Gasteiger partial charge in [0.15, 0.2) is 0 Å². The van der Waals surface area contributed by atoms with Crippen molar-refractivity contribution in [1.82, 2.24) is 19.1 Å². The van der Waals surface area contributed by atoms with Crippen LogP contribution in [-0.4, -0.2) is 31.8 Å². The van der Waals surface area contributed by atoms with Crippen LogP contribution in [0.4, 0.5) is 19.0 Å². The molecule has 4 rings (SSSR count). The quantitative estimate of drug-likeness (QED) is 0.669. The number of hydrogen-bond donors (Lipinski definition) is 0. The number of aromatic nitrogens is 4. The second kappa shape index (κ2) is 7.02. The van der Waals surface area contributed by atoms with Crippen LogP contribution in [0.2, 0.25) is 0 Å². The summed E-state index contributed by atoms with van der Waals surface area (Å²) in [5, 5.41) is 0.136. The van der Waals surface area contributed by atoms with Crippen LogP contribution in [0.1, 0.15) is 24.7 Å². The molecule has 1 atom stereocenters. The molecule has 1 aliphatic heterocycles. The lowest BCUT2D eigenvalue weighted by Crippen LogP contribution is -2.36. The van der Waals surface area contributed by atoms with Crippen molar-refractivity contribution in [1.29, 1.82) is 0 Å². The number of rotatable bonds is 3. The van der Waals surface area contributed by atoms with Crippen molar-refractivity contribution < 1.29 is 13.2 Å². The number of aryl methyl sites for hydroxylation is 1. The third-order valence-electron chi connectivity index (χ3n) is 5.04. The lowest BCUT2D eigenvalue weighted by molar-refractivity contribution is -0.141. The van der Waals surface area contributed by atoms with Crippen molar-refractivity contribution in [2.75, 3.05) is 11.4 Å². The molecule has 152 valence electrons. The summed E-state index contributed by atoms with van der Waals surface area (Å²) in [6.07, 6.45) is -2.04. The van der Waals surface area contributed by atoms with E-state index >= 15 is 0 Å². The van der Waals surface area contributed by atoms with E-state index in [0.29, 0.717) is 35.3 Å². The Bertz CT molecular complexity index is 1180. The molecule has 3 aromatic rings. The van der Waals surface area contributed by atoms with E-state index in [-0.39, 0.29) is 16.8 Å². The molecule has 0 radical (unpaired) electrons. The Morgan fingerprint density at radius 2 is 1.97 bits per heavy atom. The molecule has 1 unspecified atom stereocenters. The molecule has 2 aromatic heterocycles. The van der Waals surface area contributed by atoms with Gasteiger partial charge in [0.1, 0.15) is 18.2 Å². The molecule has 0 bridgehead atoms. The molecule has 0 saturated carbocycles. The molecule has 3 heterocycles. The average molecular weight is 405 g/mol. The smallest absolute Gasteiger partial charge is 0.346 e. The van der Waals surface area contributed by atoms with Gasteiger partial charge in [-0.2, -0.15) is 13.2 Å². The number of para-hydroxylation sites is 1. The molecular formula is C19H18F3N5O2. The zero-order chi connectivity index (χ0) is 20.8. The summed E-state index contributed by atoms with van der Waals surface area (Å²) in [6, 6.07) is 7.10. The van der Waals surface area contributed by atoms with E-state index < -0.39 is 24.3 Å². The molecule has 10 heteroatoms. The first-order valence-corrected chi connectivity index (χ1v) is 9.10. The van der Waals surface area contributed by atoms with Crippen LogP contribution in [0.5, 0.6) is 0 Å². The summed E-state index contributed by atoms with van der Waals surface area (Å²) < 4.78 is 41.8. The molecule has 1 aliphatic rings. The fourth-order valence-corrected chi connectivity index (χ4v) is 3.69. The maximum atomic E-state index is 13.2. The van der Waals surface area contributed by atoms with Gasteiger partial charge in [-0.1, -0.05) is 12.1 Å². The number of benzene rings is 1. The highest BCUT2D eigenvalue weighted by molar-refractivity contribution is 5.77. The van der Waals surface area contributed by atoms with Crippen LogP contribution in [0.3, 0.4) is 0 Å². The average Bonchev–Trinajstić information content (AvgIpc) is 3.15. The highest BCUT2D eigenvalue weighted by Gasteiger charge is 2.35. The zero-order valence-corrected chi connectivity index (χ0v) is 15.6. The summed E-state index contributed by atoms with van der Waals surface area (Å²) in [6.45, 7) is -0.924. The standard InChI is InChI=1S/C19H18F3N5O2/c1-25-11-23-15(9-16(25)28)26-8-4-7-14(26)17-24-13-6-3-2-5-12(13)18(29)27(17)10-19(20,21)22/h2-3,5-6,9,11,14H,4,7-8,10H2,1H3. The van der Waals surface area contributed by atoms with E-state index in [1.165, 1.54) is 23.0 Å². The van der Waals surface area contributed by atoms with E-state index in [4.69, 9.17) is 0 Å². The van der Waals surface area contributed by atoms with Crippen molar-refractivity contribution in [3.8, 4) is 0 Å². The minimum Gasteiger partial charge on any atom is -0.346 e. The molecule has 0 aliphatic carbocycles. The summed E-state index contributed by atoms with van der Waals surface area (Å²) in [5.74, 6) is 0.391. The second-order valence-electron chi connectivity index (χ2n) is 7.04. The Kier molecular flexibility index (Phi) is 4.64. The number of fused-ring (bicyclic) bond motifs is 1. The molecule has 29 heavy (non-hydrogen) atoms. The molecule has 0 spiro atoms. The van der Waals surface area contributed by atoms with Crippen LogP contribution < -0.4 is 16.0 Å². The van der Waals surface area contributed by atoms with Crippen LogP contribution in [0, 0.1) is 0 Å². The van der Waals surface area contributed by atoms with E-state index in [9.17, 15) is 22.8 Å². The van der Waals surface area contributed by atoms with E-state index in [1.807, 2.05) is 0 Å². The molecule has 1 fully saturated rings. The van der Waals surface area contributed by atoms with Crippen molar-refractivity contribution in [2.24, 2.45) is 7.05 Å². The molecule has 0 N–H and O–H groups in total. The number of anilines is 1. The topological polar surface area (TPSA) is 73.0 Å². The Hall–Kier alpha value is -3.17. The molecule has 1 aromatic carbocycles. The second-order valence-corrected chi connectivity index (χ2v) is 7.04. The minimum atomic E-state index is -4.58. The summed E-state index contributed by atoms with van der Waals surface area (Å²) in [7, 11) is 1.56.